The first-order valence-corrected chi connectivity index (χ1v) is 8.49. The van der Waals surface area contributed by atoms with E-state index in [1.165, 1.54) is 0 Å². The molecule has 122 valence electrons. The van der Waals surface area contributed by atoms with Crippen LogP contribution in [0.1, 0.15) is 37.0 Å². The summed E-state index contributed by atoms with van der Waals surface area (Å²) in [5, 5.41) is 9.86. The standard InChI is InChI=1S/C17H24BrNO3/c1-17(2,21)12-19-7-5-13(6-8-19)11-22-16-4-3-15(18)9-14(16)10-20/h3-4,9-10,13,21H,5-8,11-12H2,1-2H3. The molecule has 0 spiro atoms. The van der Waals surface area contributed by atoms with E-state index in [1.807, 2.05) is 26.0 Å². The van der Waals surface area contributed by atoms with Crippen molar-refractivity contribution in [3.63, 3.8) is 0 Å². The van der Waals surface area contributed by atoms with E-state index in [2.05, 4.69) is 20.8 Å². The van der Waals surface area contributed by atoms with E-state index in [-0.39, 0.29) is 0 Å². The Bertz CT molecular complexity index is 505. The molecular weight excluding hydrogens is 346 g/mol. The number of rotatable bonds is 6. The molecule has 0 radical (unpaired) electrons. The molecule has 1 saturated heterocycles. The lowest BCUT2D eigenvalue weighted by Gasteiger charge is -2.35. The minimum Gasteiger partial charge on any atom is -0.493 e. The molecule has 0 aromatic heterocycles. The number of aliphatic hydroxyl groups is 1. The van der Waals surface area contributed by atoms with Crippen molar-refractivity contribution in [3.8, 4) is 5.75 Å². The van der Waals surface area contributed by atoms with Gasteiger partial charge in [0.25, 0.3) is 0 Å². The third-order valence-corrected chi connectivity index (χ3v) is 4.38. The van der Waals surface area contributed by atoms with Crippen molar-refractivity contribution in [2.45, 2.75) is 32.3 Å². The Kier molecular flexibility index (Phi) is 6.01. The molecule has 0 atom stereocenters. The summed E-state index contributed by atoms with van der Waals surface area (Å²) >= 11 is 3.35. The zero-order chi connectivity index (χ0) is 16.2. The molecule has 2 rings (SSSR count). The topological polar surface area (TPSA) is 49.8 Å². The van der Waals surface area contributed by atoms with Gasteiger partial charge in [-0.25, -0.2) is 0 Å². The number of likely N-dealkylation sites (tertiary alicyclic amines) is 1. The molecule has 1 aromatic rings. The van der Waals surface area contributed by atoms with Crippen LogP contribution in [0.4, 0.5) is 0 Å². The average Bonchev–Trinajstić information content (AvgIpc) is 2.45. The van der Waals surface area contributed by atoms with Gasteiger partial charge in [0.05, 0.1) is 17.8 Å². The maximum Gasteiger partial charge on any atom is 0.153 e. The van der Waals surface area contributed by atoms with Gasteiger partial charge in [0.15, 0.2) is 6.29 Å². The van der Waals surface area contributed by atoms with Crippen LogP contribution in [0.3, 0.4) is 0 Å². The Morgan fingerprint density at radius 2 is 2.09 bits per heavy atom. The first-order chi connectivity index (χ1) is 10.4. The summed E-state index contributed by atoms with van der Waals surface area (Å²) in [7, 11) is 0. The third-order valence-electron chi connectivity index (χ3n) is 3.89. The summed E-state index contributed by atoms with van der Waals surface area (Å²) < 4.78 is 6.72. The Morgan fingerprint density at radius 1 is 1.41 bits per heavy atom. The molecule has 1 aliphatic heterocycles. The maximum absolute atomic E-state index is 11.1. The second-order valence-corrected chi connectivity index (χ2v) is 7.56. The highest BCUT2D eigenvalue weighted by atomic mass is 79.9. The SMILES string of the molecule is CC(C)(O)CN1CCC(COc2ccc(Br)cc2C=O)CC1. The van der Waals surface area contributed by atoms with Crippen LogP contribution in [0.5, 0.6) is 5.75 Å². The van der Waals surface area contributed by atoms with Gasteiger partial charge in [-0.15, -0.1) is 0 Å². The highest BCUT2D eigenvalue weighted by molar-refractivity contribution is 9.10. The highest BCUT2D eigenvalue weighted by Gasteiger charge is 2.24. The van der Waals surface area contributed by atoms with Crippen LogP contribution in [0.25, 0.3) is 0 Å². The Labute approximate surface area is 140 Å². The van der Waals surface area contributed by atoms with Crippen LogP contribution in [-0.4, -0.2) is 48.1 Å². The summed E-state index contributed by atoms with van der Waals surface area (Å²) in [4.78, 5) is 13.4. The molecule has 1 N–H and O–H groups in total. The number of carbonyl (C=O) groups is 1. The van der Waals surface area contributed by atoms with E-state index in [4.69, 9.17) is 4.74 Å². The normalized spacial score (nSPS) is 17.5. The molecule has 5 heteroatoms. The highest BCUT2D eigenvalue weighted by Crippen LogP contribution is 2.24. The molecule has 4 nitrogen and oxygen atoms in total. The summed E-state index contributed by atoms with van der Waals surface area (Å²) in [6.07, 6.45) is 2.94. The summed E-state index contributed by atoms with van der Waals surface area (Å²) in [6, 6.07) is 5.49. The lowest BCUT2D eigenvalue weighted by Crippen LogP contribution is -2.43. The lowest BCUT2D eigenvalue weighted by atomic mass is 9.96. The minimum atomic E-state index is -0.639. The molecule has 1 aliphatic rings. The summed E-state index contributed by atoms with van der Waals surface area (Å²) in [6.45, 7) is 7.01. The number of piperidine rings is 1. The fourth-order valence-electron chi connectivity index (χ4n) is 2.81. The van der Waals surface area contributed by atoms with Crippen molar-refractivity contribution in [3.05, 3.63) is 28.2 Å². The number of carbonyl (C=O) groups excluding carboxylic acids is 1. The van der Waals surface area contributed by atoms with Gasteiger partial charge < -0.3 is 14.7 Å². The molecule has 0 unspecified atom stereocenters. The van der Waals surface area contributed by atoms with Crippen LogP contribution < -0.4 is 4.74 Å². The number of β-amino-alcohol motifs (C(OH)–C–C–N with tert-alkyl or cyclic N) is 1. The molecular formula is C17H24BrNO3. The van der Waals surface area contributed by atoms with Crippen LogP contribution >= 0.6 is 15.9 Å². The number of hydrogen-bond donors (Lipinski definition) is 1. The van der Waals surface area contributed by atoms with Crippen LogP contribution in [0.2, 0.25) is 0 Å². The Balaban J connectivity index is 1.81. The van der Waals surface area contributed by atoms with Crippen LogP contribution in [0.15, 0.2) is 22.7 Å². The molecule has 0 saturated carbocycles. The van der Waals surface area contributed by atoms with E-state index >= 15 is 0 Å². The largest absolute Gasteiger partial charge is 0.493 e. The number of halogens is 1. The summed E-state index contributed by atoms with van der Waals surface area (Å²) in [5.74, 6) is 1.15. The molecule has 0 aliphatic carbocycles. The van der Waals surface area contributed by atoms with Crippen molar-refractivity contribution >= 4 is 22.2 Å². The number of benzene rings is 1. The van der Waals surface area contributed by atoms with Gasteiger partial charge >= 0.3 is 0 Å². The average molecular weight is 370 g/mol. The van der Waals surface area contributed by atoms with Crippen LogP contribution in [-0.2, 0) is 0 Å². The molecule has 1 fully saturated rings. The van der Waals surface area contributed by atoms with Gasteiger partial charge in [0.2, 0.25) is 0 Å². The van der Waals surface area contributed by atoms with Gasteiger partial charge in [0.1, 0.15) is 5.75 Å². The van der Waals surface area contributed by atoms with Crippen LogP contribution in [0, 0.1) is 5.92 Å². The summed E-state index contributed by atoms with van der Waals surface area (Å²) in [5.41, 5.74) is -0.0616. The van der Waals surface area contributed by atoms with E-state index in [9.17, 15) is 9.90 Å². The lowest BCUT2D eigenvalue weighted by molar-refractivity contribution is 0.0212. The predicted octanol–water partition coefficient (Wildman–Crippen LogP) is 3.12. The smallest absolute Gasteiger partial charge is 0.153 e. The Morgan fingerprint density at radius 3 is 2.68 bits per heavy atom. The van der Waals surface area contributed by atoms with E-state index in [0.717, 1.165) is 36.7 Å². The monoisotopic (exact) mass is 369 g/mol. The number of ether oxygens (including phenoxy) is 1. The van der Waals surface area contributed by atoms with Crippen molar-refractivity contribution in [1.29, 1.82) is 0 Å². The first-order valence-electron chi connectivity index (χ1n) is 7.69. The predicted molar refractivity (Wildman–Crippen MR) is 90.5 cm³/mol. The van der Waals surface area contributed by atoms with E-state index < -0.39 is 5.60 Å². The minimum absolute atomic E-state index is 0.501. The molecule has 0 bridgehead atoms. The van der Waals surface area contributed by atoms with Crippen molar-refractivity contribution in [2.75, 3.05) is 26.2 Å². The Hall–Kier alpha value is -0.910. The van der Waals surface area contributed by atoms with Crippen molar-refractivity contribution < 1.29 is 14.6 Å². The molecule has 1 heterocycles. The quantitative estimate of drug-likeness (QED) is 0.782. The third kappa shape index (κ3) is 5.38. The van der Waals surface area contributed by atoms with Gasteiger partial charge in [-0.05, 0) is 63.9 Å². The molecule has 22 heavy (non-hydrogen) atoms. The number of hydrogen-bond acceptors (Lipinski definition) is 4. The number of nitrogens with zero attached hydrogens (tertiary/aromatic N) is 1. The second kappa shape index (κ2) is 7.57. The van der Waals surface area contributed by atoms with E-state index in [0.29, 0.717) is 30.4 Å². The first kappa shape index (κ1) is 17.4. The zero-order valence-electron chi connectivity index (χ0n) is 13.2. The fraction of sp³-hybridized carbons (Fsp3) is 0.588. The van der Waals surface area contributed by atoms with Gasteiger partial charge in [-0.1, -0.05) is 15.9 Å². The second-order valence-electron chi connectivity index (χ2n) is 6.64. The molecule has 0 amide bonds. The van der Waals surface area contributed by atoms with Crippen molar-refractivity contribution in [2.24, 2.45) is 5.92 Å². The van der Waals surface area contributed by atoms with Gasteiger partial charge in [-0.2, -0.15) is 0 Å². The zero-order valence-corrected chi connectivity index (χ0v) is 14.8. The van der Waals surface area contributed by atoms with E-state index in [1.54, 1.807) is 6.07 Å². The maximum atomic E-state index is 11.1. The van der Waals surface area contributed by atoms with Crippen molar-refractivity contribution in [1.82, 2.24) is 4.90 Å². The number of aldehydes is 1. The van der Waals surface area contributed by atoms with Gasteiger partial charge in [0, 0.05) is 11.0 Å². The molecule has 1 aromatic carbocycles. The van der Waals surface area contributed by atoms with Gasteiger partial charge in [-0.3, -0.25) is 4.79 Å². The fourth-order valence-corrected chi connectivity index (χ4v) is 3.19.